The van der Waals surface area contributed by atoms with Crippen LogP contribution < -0.4 is 0 Å². The molecule has 0 radical (unpaired) electrons. The molecule has 2 saturated heterocycles. The maximum atomic E-state index is 13.4. The van der Waals surface area contributed by atoms with Gasteiger partial charge in [-0.05, 0) is 62.7 Å². The van der Waals surface area contributed by atoms with Gasteiger partial charge in [0, 0.05) is 26.1 Å². The van der Waals surface area contributed by atoms with E-state index in [2.05, 4.69) is 15.2 Å². The zero-order valence-corrected chi connectivity index (χ0v) is 16.4. The van der Waals surface area contributed by atoms with Gasteiger partial charge in [-0.1, -0.05) is 5.21 Å². The molecule has 1 aromatic heterocycles. The number of rotatable bonds is 4. The molecule has 2 aliphatic heterocycles. The van der Waals surface area contributed by atoms with Gasteiger partial charge >= 0.3 is 0 Å². The quantitative estimate of drug-likeness (QED) is 0.797. The first-order chi connectivity index (χ1) is 13.6. The van der Waals surface area contributed by atoms with Gasteiger partial charge < -0.3 is 9.80 Å². The molecule has 150 valence electrons. The Hall–Kier alpha value is -1.92. The fourth-order valence-electron chi connectivity index (χ4n) is 7.13. The molecule has 7 heteroatoms. The average Bonchev–Trinajstić information content (AvgIpc) is 3.22. The van der Waals surface area contributed by atoms with Crippen molar-refractivity contribution in [2.75, 3.05) is 19.6 Å². The summed E-state index contributed by atoms with van der Waals surface area (Å²) in [5.41, 5.74) is 0.810. The van der Waals surface area contributed by atoms with Crippen molar-refractivity contribution in [3.05, 3.63) is 11.9 Å². The number of carbonyl (C=O) groups is 2. The van der Waals surface area contributed by atoms with Crippen LogP contribution in [0.1, 0.15) is 63.1 Å². The zero-order valence-electron chi connectivity index (χ0n) is 16.4. The van der Waals surface area contributed by atoms with Gasteiger partial charge in [0.15, 0.2) is 0 Å². The summed E-state index contributed by atoms with van der Waals surface area (Å²) in [6.07, 6.45) is 11.1. The minimum Gasteiger partial charge on any atom is -0.338 e. The number of hydrogen-bond donors (Lipinski definition) is 0. The summed E-state index contributed by atoms with van der Waals surface area (Å²) in [4.78, 5) is 29.1. The van der Waals surface area contributed by atoms with Gasteiger partial charge in [-0.2, -0.15) is 0 Å². The maximum Gasteiger partial charge on any atom is 0.228 e. The molecule has 1 aromatic rings. The topological polar surface area (TPSA) is 71.3 Å². The highest BCUT2D eigenvalue weighted by Gasteiger charge is 2.56. The van der Waals surface area contributed by atoms with Gasteiger partial charge in [-0.15, -0.1) is 5.10 Å². The van der Waals surface area contributed by atoms with Crippen LogP contribution in [0.15, 0.2) is 6.20 Å². The fraction of sp³-hybridized carbons (Fsp3) is 0.810. The normalized spacial score (nSPS) is 37.0. The molecule has 6 fully saturated rings. The van der Waals surface area contributed by atoms with Crippen molar-refractivity contribution in [2.45, 2.75) is 64.0 Å². The molecule has 0 N–H and O–H groups in total. The molecule has 6 aliphatic rings. The zero-order chi connectivity index (χ0) is 18.9. The highest BCUT2D eigenvalue weighted by Crippen LogP contribution is 2.60. The number of carbonyl (C=O) groups excluding carboxylic acids is 2. The predicted octanol–water partition coefficient (Wildman–Crippen LogP) is 2.00. The lowest BCUT2D eigenvalue weighted by Gasteiger charge is -2.57. The maximum absolute atomic E-state index is 13.4. The van der Waals surface area contributed by atoms with Crippen LogP contribution in [0.25, 0.3) is 0 Å². The fourth-order valence-corrected chi connectivity index (χ4v) is 7.13. The number of aromatic nitrogens is 3. The highest BCUT2D eigenvalue weighted by atomic mass is 16.2. The van der Waals surface area contributed by atoms with E-state index in [1.807, 2.05) is 15.8 Å². The van der Waals surface area contributed by atoms with Crippen LogP contribution in [-0.2, 0) is 16.1 Å². The lowest BCUT2D eigenvalue weighted by atomic mass is 9.49. The van der Waals surface area contributed by atoms with Crippen LogP contribution in [-0.4, -0.2) is 56.2 Å². The van der Waals surface area contributed by atoms with E-state index in [4.69, 9.17) is 0 Å². The lowest BCUT2D eigenvalue weighted by molar-refractivity contribution is -0.163. The number of hydrogen-bond acceptors (Lipinski definition) is 4. The summed E-state index contributed by atoms with van der Waals surface area (Å²) >= 11 is 0. The average molecular weight is 383 g/mol. The third-order valence-corrected chi connectivity index (χ3v) is 8.10. The standard InChI is InChI=1S/C21H29N5O2/c27-19-2-1-3-24(19)10-17-11-26(23-22-17)18-12-25(13-18)20(28)21-7-14-4-15(8-21)6-16(5-14)9-21/h11,14-16,18H,1-10,12-13H2. The van der Waals surface area contributed by atoms with Crippen molar-refractivity contribution in [3.8, 4) is 0 Å². The molecule has 4 bridgehead atoms. The Morgan fingerprint density at radius 1 is 1.11 bits per heavy atom. The van der Waals surface area contributed by atoms with Gasteiger partial charge in [0.2, 0.25) is 11.8 Å². The summed E-state index contributed by atoms with van der Waals surface area (Å²) in [6.45, 7) is 2.89. The van der Waals surface area contributed by atoms with Crippen LogP contribution in [0, 0.1) is 23.2 Å². The lowest BCUT2D eigenvalue weighted by Crippen LogP contribution is -2.60. The monoisotopic (exact) mass is 383 g/mol. The molecule has 0 unspecified atom stereocenters. The van der Waals surface area contributed by atoms with E-state index >= 15 is 0 Å². The van der Waals surface area contributed by atoms with Crippen molar-refractivity contribution in [1.82, 2.24) is 24.8 Å². The third kappa shape index (κ3) is 2.61. The molecule has 0 aromatic carbocycles. The third-order valence-electron chi connectivity index (χ3n) is 8.10. The smallest absolute Gasteiger partial charge is 0.228 e. The van der Waals surface area contributed by atoms with Gasteiger partial charge in [0.25, 0.3) is 0 Å². The molecule has 7 rings (SSSR count). The van der Waals surface area contributed by atoms with Crippen LogP contribution in [0.5, 0.6) is 0 Å². The van der Waals surface area contributed by atoms with Crippen molar-refractivity contribution in [3.63, 3.8) is 0 Å². The summed E-state index contributed by atoms with van der Waals surface area (Å²) in [5, 5.41) is 8.54. The Bertz CT molecular complexity index is 776. The Balaban J connectivity index is 1.09. The molecular weight excluding hydrogens is 354 g/mol. The number of nitrogens with zero attached hydrogens (tertiary/aromatic N) is 5. The molecule has 2 amide bonds. The van der Waals surface area contributed by atoms with Crippen LogP contribution in [0.4, 0.5) is 0 Å². The Morgan fingerprint density at radius 3 is 2.39 bits per heavy atom. The summed E-state index contributed by atoms with van der Waals surface area (Å²) in [7, 11) is 0. The summed E-state index contributed by atoms with van der Waals surface area (Å²) in [6, 6.07) is 0.230. The van der Waals surface area contributed by atoms with Gasteiger partial charge in [-0.25, -0.2) is 4.68 Å². The molecule has 28 heavy (non-hydrogen) atoms. The minimum absolute atomic E-state index is 0.0383. The minimum atomic E-state index is -0.0383. The van der Waals surface area contributed by atoms with Crippen LogP contribution in [0.3, 0.4) is 0 Å². The Kier molecular flexibility index (Phi) is 3.66. The van der Waals surface area contributed by atoms with E-state index < -0.39 is 0 Å². The van der Waals surface area contributed by atoms with E-state index in [1.54, 1.807) is 0 Å². The van der Waals surface area contributed by atoms with E-state index in [0.717, 1.165) is 68.8 Å². The first kappa shape index (κ1) is 17.0. The van der Waals surface area contributed by atoms with Crippen molar-refractivity contribution >= 4 is 11.8 Å². The predicted molar refractivity (Wildman–Crippen MR) is 101 cm³/mol. The van der Waals surface area contributed by atoms with Crippen LogP contribution in [0.2, 0.25) is 0 Å². The van der Waals surface area contributed by atoms with E-state index in [9.17, 15) is 9.59 Å². The number of amides is 2. The molecule has 3 heterocycles. The highest BCUT2D eigenvalue weighted by molar-refractivity contribution is 5.84. The molecule has 4 aliphatic carbocycles. The van der Waals surface area contributed by atoms with Crippen molar-refractivity contribution < 1.29 is 9.59 Å². The largest absolute Gasteiger partial charge is 0.338 e. The first-order valence-corrected chi connectivity index (χ1v) is 11.1. The first-order valence-electron chi connectivity index (χ1n) is 11.1. The van der Waals surface area contributed by atoms with Crippen LogP contribution >= 0.6 is 0 Å². The van der Waals surface area contributed by atoms with Gasteiger partial charge in [0.1, 0.15) is 5.69 Å². The second-order valence-corrected chi connectivity index (χ2v) is 10.2. The molecule has 7 nitrogen and oxygen atoms in total. The molecule has 0 spiro atoms. The molecule has 0 atom stereocenters. The van der Waals surface area contributed by atoms with Crippen molar-refractivity contribution in [1.29, 1.82) is 0 Å². The summed E-state index contributed by atoms with van der Waals surface area (Å²) < 4.78 is 1.90. The molecular formula is C21H29N5O2. The van der Waals surface area contributed by atoms with Crippen molar-refractivity contribution in [2.24, 2.45) is 23.2 Å². The second-order valence-electron chi connectivity index (χ2n) is 10.2. The second kappa shape index (κ2) is 6.04. The van der Waals surface area contributed by atoms with E-state index in [0.29, 0.717) is 18.9 Å². The SMILES string of the molecule is O=C1CCCN1Cc1cn(C2CN(C(=O)C34CC5CC(CC(C5)C3)C4)C2)nn1. The molecule has 4 saturated carbocycles. The Labute approximate surface area is 165 Å². The summed E-state index contributed by atoms with van der Waals surface area (Å²) in [5.74, 6) is 3.05. The van der Waals surface area contributed by atoms with Gasteiger partial charge in [-0.3, -0.25) is 9.59 Å². The van der Waals surface area contributed by atoms with E-state index in [1.165, 1.54) is 19.3 Å². The van der Waals surface area contributed by atoms with Gasteiger partial charge in [0.05, 0.1) is 24.2 Å². The number of likely N-dealkylation sites (tertiary alicyclic amines) is 2. The van der Waals surface area contributed by atoms with E-state index in [-0.39, 0.29) is 17.4 Å². The Morgan fingerprint density at radius 2 is 1.79 bits per heavy atom.